The molecule has 1 aromatic carbocycles. The molecule has 0 amide bonds. The van der Waals surface area contributed by atoms with Crippen molar-refractivity contribution in [1.82, 2.24) is 4.72 Å². The van der Waals surface area contributed by atoms with Gasteiger partial charge in [-0.25, -0.2) is 4.72 Å². The number of hydrogen-bond acceptors (Lipinski definition) is 4. The van der Waals surface area contributed by atoms with Crippen LogP contribution >= 0.6 is 12.3 Å². The maximum absolute atomic E-state index is 11.9. The van der Waals surface area contributed by atoms with Gasteiger partial charge < -0.3 is 9.47 Å². The van der Waals surface area contributed by atoms with Crippen molar-refractivity contribution in [3.8, 4) is 11.5 Å². The fraction of sp³-hybridized carbons (Fsp3) is 0.500. The average Bonchev–Trinajstić information content (AvgIpc) is 2.38. The summed E-state index contributed by atoms with van der Waals surface area (Å²) in [7, 11) is 3.29. The van der Waals surface area contributed by atoms with Gasteiger partial charge in [0.05, 0.1) is 14.2 Å². The highest BCUT2D eigenvalue weighted by Gasteiger charge is 2.09. The molecule has 0 unspecified atom stereocenters. The minimum atomic E-state index is 0.130. The predicted molar refractivity (Wildman–Crippen MR) is 69.3 cm³/mol. The van der Waals surface area contributed by atoms with Gasteiger partial charge in [0.15, 0.2) is 0 Å². The largest absolute Gasteiger partial charge is 0.496 e. The Labute approximate surface area is 106 Å². The van der Waals surface area contributed by atoms with Crippen LogP contribution in [0.2, 0.25) is 0 Å². The maximum Gasteiger partial charge on any atom is 0.131 e. The average molecular weight is 259 g/mol. The van der Waals surface area contributed by atoms with Crippen LogP contribution in [-0.4, -0.2) is 20.8 Å². The molecule has 0 fully saturated rings. The summed E-state index contributed by atoms with van der Waals surface area (Å²) in [4.78, 5) is 0. The van der Waals surface area contributed by atoms with Gasteiger partial charge in [-0.05, 0) is 36.1 Å². The highest BCUT2D eigenvalue weighted by atomic mass is 32.2. The monoisotopic (exact) mass is 259 g/mol. The third kappa shape index (κ3) is 3.78. The van der Waals surface area contributed by atoms with E-state index in [0.29, 0.717) is 13.0 Å². The summed E-state index contributed by atoms with van der Waals surface area (Å²) in [5.74, 6) is 1.68. The fourth-order valence-electron chi connectivity index (χ4n) is 1.72. The van der Waals surface area contributed by atoms with Crippen molar-refractivity contribution in [1.29, 1.82) is 0 Å². The SMILES string of the molecule is CCc1cc(OC)c(CCNSF)cc1OC. The second-order valence-corrected chi connectivity index (χ2v) is 3.99. The lowest BCUT2D eigenvalue weighted by Crippen LogP contribution is -2.08. The second-order valence-electron chi connectivity index (χ2n) is 3.55. The first-order chi connectivity index (χ1) is 8.26. The Bertz CT molecular complexity index is 361. The number of hydrogen-bond donors (Lipinski definition) is 1. The number of aryl methyl sites for hydroxylation is 1. The molecule has 0 bridgehead atoms. The van der Waals surface area contributed by atoms with Crippen LogP contribution < -0.4 is 14.2 Å². The number of halogens is 1. The highest BCUT2D eigenvalue weighted by Crippen LogP contribution is 2.29. The second kappa shape index (κ2) is 7.40. The summed E-state index contributed by atoms with van der Waals surface area (Å²) in [6.07, 6.45) is 1.58. The zero-order chi connectivity index (χ0) is 12.7. The first-order valence-corrected chi connectivity index (χ1v) is 6.22. The lowest BCUT2D eigenvalue weighted by atomic mass is 10.0. The van der Waals surface area contributed by atoms with Gasteiger partial charge in [0.1, 0.15) is 23.8 Å². The van der Waals surface area contributed by atoms with E-state index in [1.807, 2.05) is 12.1 Å². The molecule has 0 saturated carbocycles. The Balaban J connectivity index is 2.93. The third-order valence-corrected chi connectivity index (χ3v) is 2.93. The molecular weight excluding hydrogens is 241 g/mol. The third-order valence-electron chi connectivity index (χ3n) is 2.62. The predicted octanol–water partition coefficient (Wildman–Crippen LogP) is 2.93. The molecule has 17 heavy (non-hydrogen) atoms. The minimum absolute atomic E-state index is 0.130. The highest BCUT2D eigenvalue weighted by molar-refractivity contribution is 7.92. The van der Waals surface area contributed by atoms with Gasteiger partial charge >= 0.3 is 0 Å². The lowest BCUT2D eigenvalue weighted by Gasteiger charge is -2.14. The van der Waals surface area contributed by atoms with E-state index in [0.717, 1.165) is 29.0 Å². The zero-order valence-corrected chi connectivity index (χ0v) is 11.2. The first-order valence-electron chi connectivity index (χ1n) is 5.51. The molecule has 5 heteroatoms. The number of nitrogens with one attached hydrogen (secondary N) is 1. The smallest absolute Gasteiger partial charge is 0.131 e. The van der Waals surface area contributed by atoms with Gasteiger partial charge in [0, 0.05) is 6.54 Å². The molecule has 0 aliphatic rings. The standard InChI is InChI=1S/C12H18FNO2S/c1-4-9-7-12(16-3)10(5-6-14-17-13)8-11(9)15-2/h7-8,14H,4-6H2,1-3H3. The van der Waals surface area contributed by atoms with Crippen molar-refractivity contribution in [3.05, 3.63) is 23.3 Å². The van der Waals surface area contributed by atoms with Gasteiger partial charge in [-0.15, -0.1) is 3.89 Å². The topological polar surface area (TPSA) is 30.5 Å². The summed E-state index contributed by atoms with van der Waals surface area (Å²) < 4.78 is 25.1. The summed E-state index contributed by atoms with van der Waals surface area (Å²) >= 11 is 0.130. The zero-order valence-electron chi connectivity index (χ0n) is 10.4. The van der Waals surface area contributed by atoms with Crippen LogP contribution in [-0.2, 0) is 12.8 Å². The number of ether oxygens (including phenoxy) is 2. The summed E-state index contributed by atoms with van der Waals surface area (Å²) in [5.41, 5.74) is 2.13. The van der Waals surface area contributed by atoms with Gasteiger partial charge in [-0.3, -0.25) is 0 Å². The van der Waals surface area contributed by atoms with Crippen LogP contribution in [0.25, 0.3) is 0 Å². The summed E-state index contributed by atoms with van der Waals surface area (Å²) in [6, 6.07) is 3.94. The fourth-order valence-corrected chi connectivity index (χ4v) is 1.90. The van der Waals surface area contributed by atoms with Crippen molar-refractivity contribution >= 4 is 12.3 Å². The lowest BCUT2D eigenvalue weighted by molar-refractivity contribution is 0.395. The molecule has 0 aliphatic heterocycles. The number of rotatable bonds is 7. The van der Waals surface area contributed by atoms with Crippen molar-refractivity contribution in [2.75, 3.05) is 20.8 Å². The molecule has 0 radical (unpaired) electrons. The van der Waals surface area contributed by atoms with Crippen molar-refractivity contribution in [3.63, 3.8) is 0 Å². The van der Waals surface area contributed by atoms with E-state index in [1.54, 1.807) is 14.2 Å². The van der Waals surface area contributed by atoms with Crippen LogP contribution in [0.3, 0.4) is 0 Å². The molecule has 96 valence electrons. The number of benzene rings is 1. The molecule has 0 aliphatic carbocycles. The van der Waals surface area contributed by atoms with E-state index in [9.17, 15) is 3.89 Å². The van der Waals surface area contributed by atoms with Crippen molar-refractivity contribution in [2.45, 2.75) is 19.8 Å². The van der Waals surface area contributed by atoms with Crippen LogP contribution in [0.5, 0.6) is 11.5 Å². The molecule has 0 heterocycles. The van der Waals surface area contributed by atoms with E-state index in [-0.39, 0.29) is 12.3 Å². The van der Waals surface area contributed by atoms with E-state index < -0.39 is 0 Å². The number of methoxy groups -OCH3 is 2. The molecule has 3 nitrogen and oxygen atoms in total. The molecule has 0 saturated heterocycles. The Morgan fingerprint density at radius 3 is 2.29 bits per heavy atom. The Kier molecular flexibility index (Phi) is 6.15. The van der Waals surface area contributed by atoms with Gasteiger partial charge in [0.25, 0.3) is 0 Å². The van der Waals surface area contributed by atoms with Gasteiger partial charge in [-0.1, -0.05) is 6.92 Å². The Morgan fingerprint density at radius 2 is 1.76 bits per heavy atom. The molecule has 1 N–H and O–H groups in total. The van der Waals surface area contributed by atoms with E-state index in [2.05, 4.69) is 11.6 Å². The van der Waals surface area contributed by atoms with Gasteiger partial charge in [0.2, 0.25) is 0 Å². The quantitative estimate of drug-likeness (QED) is 0.602. The van der Waals surface area contributed by atoms with E-state index in [4.69, 9.17) is 9.47 Å². The van der Waals surface area contributed by atoms with Crippen molar-refractivity contribution < 1.29 is 13.4 Å². The Morgan fingerprint density at radius 1 is 1.18 bits per heavy atom. The van der Waals surface area contributed by atoms with Crippen LogP contribution in [0.4, 0.5) is 3.89 Å². The van der Waals surface area contributed by atoms with Crippen LogP contribution in [0.15, 0.2) is 12.1 Å². The molecule has 0 atom stereocenters. The minimum Gasteiger partial charge on any atom is -0.496 e. The van der Waals surface area contributed by atoms with Crippen molar-refractivity contribution in [2.24, 2.45) is 0 Å². The summed E-state index contributed by atoms with van der Waals surface area (Å²) in [5, 5.41) is 0. The van der Waals surface area contributed by atoms with E-state index >= 15 is 0 Å². The maximum atomic E-state index is 11.9. The van der Waals surface area contributed by atoms with Crippen LogP contribution in [0, 0.1) is 0 Å². The molecule has 0 aromatic heterocycles. The molecule has 1 rings (SSSR count). The normalized spacial score (nSPS) is 10.4. The molecular formula is C12H18FNO2S. The van der Waals surface area contributed by atoms with Gasteiger partial charge in [-0.2, -0.15) is 0 Å². The Hall–Kier alpha value is -0.940. The first kappa shape index (κ1) is 14.1. The molecule has 1 aromatic rings. The van der Waals surface area contributed by atoms with Crippen LogP contribution in [0.1, 0.15) is 18.1 Å². The molecule has 0 spiro atoms. The summed E-state index contributed by atoms with van der Waals surface area (Å²) in [6.45, 7) is 2.62. The van der Waals surface area contributed by atoms with E-state index in [1.165, 1.54) is 0 Å².